The smallest absolute Gasteiger partial charge is 0.270 e. The summed E-state index contributed by atoms with van der Waals surface area (Å²) in [7, 11) is 3.56. The van der Waals surface area contributed by atoms with Crippen molar-refractivity contribution >= 4 is 29.1 Å². The van der Waals surface area contributed by atoms with Crippen molar-refractivity contribution in [1.82, 2.24) is 15.2 Å². The minimum absolute atomic E-state index is 0.126. The molecule has 0 radical (unpaired) electrons. The van der Waals surface area contributed by atoms with E-state index in [1.54, 1.807) is 11.9 Å². The number of hydrogen-bond donors (Lipinski definition) is 2. The Hall–Kier alpha value is -0.710. The van der Waals surface area contributed by atoms with Crippen LogP contribution in [0.1, 0.15) is 10.5 Å². The van der Waals surface area contributed by atoms with Crippen LogP contribution in [-0.4, -0.2) is 43.0 Å². The Morgan fingerprint density at radius 2 is 2.27 bits per heavy atom. The summed E-state index contributed by atoms with van der Waals surface area (Å²) in [5.41, 5.74) is 0.406. The van der Waals surface area contributed by atoms with Gasteiger partial charge in [-0.3, -0.25) is 4.79 Å². The molecule has 0 aliphatic rings. The van der Waals surface area contributed by atoms with Crippen LogP contribution in [0.5, 0.6) is 0 Å². The predicted molar refractivity (Wildman–Crippen MR) is 61.7 cm³/mol. The van der Waals surface area contributed by atoms with E-state index in [9.17, 15) is 4.79 Å². The fraction of sp³-hybridized carbons (Fsp3) is 0.444. The van der Waals surface area contributed by atoms with Gasteiger partial charge in [-0.25, -0.2) is 0 Å². The molecule has 0 aliphatic carbocycles. The summed E-state index contributed by atoms with van der Waals surface area (Å²) in [5, 5.41) is 3.62. The highest BCUT2D eigenvalue weighted by Crippen LogP contribution is 2.22. The van der Waals surface area contributed by atoms with E-state index >= 15 is 0 Å². The maximum absolute atomic E-state index is 11.8. The normalized spacial score (nSPS) is 10.4. The van der Waals surface area contributed by atoms with Gasteiger partial charge in [0.2, 0.25) is 0 Å². The monoisotopic (exact) mass is 249 g/mol. The Morgan fingerprint density at radius 3 is 2.73 bits per heavy atom. The first-order chi connectivity index (χ1) is 7.06. The van der Waals surface area contributed by atoms with E-state index in [1.165, 1.54) is 6.07 Å². The van der Waals surface area contributed by atoms with Crippen molar-refractivity contribution in [2.45, 2.75) is 0 Å². The number of rotatable bonds is 4. The zero-order valence-corrected chi connectivity index (χ0v) is 10.1. The SMILES string of the molecule is CNCCN(C)C(=O)c1cc(Cl)c(Cl)[nH]1. The number of carbonyl (C=O) groups is 1. The van der Waals surface area contributed by atoms with Crippen LogP contribution in [0.25, 0.3) is 0 Å². The van der Waals surface area contributed by atoms with E-state index in [0.717, 1.165) is 6.54 Å². The molecule has 0 saturated heterocycles. The lowest BCUT2D eigenvalue weighted by molar-refractivity contribution is 0.0792. The Bertz CT molecular complexity index is 332. The number of amides is 1. The molecular formula is C9H13Cl2N3O. The molecule has 0 saturated carbocycles. The minimum atomic E-state index is -0.126. The third-order valence-electron chi connectivity index (χ3n) is 2.00. The molecule has 0 aromatic carbocycles. The van der Waals surface area contributed by atoms with Crippen molar-refractivity contribution in [3.05, 3.63) is 21.9 Å². The van der Waals surface area contributed by atoms with Gasteiger partial charge in [0.25, 0.3) is 5.91 Å². The molecular weight excluding hydrogens is 237 g/mol. The first kappa shape index (κ1) is 12.4. The van der Waals surface area contributed by atoms with Crippen LogP contribution in [0.4, 0.5) is 0 Å². The van der Waals surface area contributed by atoms with Gasteiger partial charge in [0.05, 0.1) is 5.02 Å². The average molecular weight is 250 g/mol. The lowest BCUT2D eigenvalue weighted by Gasteiger charge is -2.15. The van der Waals surface area contributed by atoms with Gasteiger partial charge >= 0.3 is 0 Å². The molecule has 1 aromatic rings. The van der Waals surface area contributed by atoms with E-state index in [1.807, 2.05) is 7.05 Å². The highest BCUT2D eigenvalue weighted by molar-refractivity contribution is 6.41. The number of H-pyrrole nitrogens is 1. The van der Waals surface area contributed by atoms with Crippen LogP contribution in [0.3, 0.4) is 0 Å². The van der Waals surface area contributed by atoms with Gasteiger partial charge in [-0.15, -0.1) is 0 Å². The quantitative estimate of drug-likeness (QED) is 0.852. The van der Waals surface area contributed by atoms with Crippen LogP contribution in [0.2, 0.25) is 10.2 Å². The zero-order valence-electron chi connectivity index (χ0n) is 8.60. The number of aromatic amines is 1. The fourth-order valence-corrected chi connectivity index (χ4v) is 1.42. The van der Waals surface area contributed by atoms with E-state index in [2.05, 4.69) is 10.3 Å². The van der Waals surface area contributed by atoms with Gasteiger partial charge in [0, 0.05) is 20.1 Å². The van der Waals surface area contributed by atoms with Crippen molar-refractivity contribution in [2.75, 3.05) is 27.2 Å². The maximum Gasteiger partial charge on any atom is 0.270 e. The summed E-state index contributed by atoms with van der Waals surface area (Å²) in [6.45, 7) is 1.37. The number of likely N-dealkylation sites (N-methyl/N-ethyl adjacent to an activating group) is 2. The van der Waals surface area contributed by atoms with Crippen LogP contribution in [0, 0.1) is 0 Å². The minimum Gasteiger partial charge on any atom is -0.340 e. The fourth-order valence-electron chi connectivity index (χ4n) is 1.11. The molecule has 1 heterocycles. The number of halogens is 2. The van der Waals surface area contributed by atoms with Crippen LogP contribution in [0.15, 0.2) is 6.07 Å². The van der Waals surface area contributed by atoms with Crippen molar-refractivity contribution in [3.8, 4) is 0 Å². The lowest BCUT2D eigenvalue weighted by atomic mass is 10.3. The second-order valence-electron chi connectivity index (χ2n) is 3.18. The largest absolute Gasteiger partial charge is 0.340 e. The first-order valence-electron chi connectivity index (χ1n) is 4.50. The molecule has 84 valence electrons. The highest BCUT2D eigenvalue weighted by atomic mass is 35.5. The van der Waals surface area contributed by atoms with E-state index in [-0.39, 0.29) is 5.91 Å². The predicted octanol–water partition coefficient (Wildman–Crippen LogP) is 1.61. The van der Waals surface area contributed by atoms with Crippen LogP contribution in [-0.2, 0) is 0 Å². The van der Waals surface area contributed by atoms with Crippen molar-refractivity contribution in [3.63, 3.8) is 0 Å². The van der Waals surface area contributed by atoms with Gasteiger partial charge in [0.15, 0.2) is 0 Å². The maximum atomic E-state index is 11.8. The molecule has 1 amide bonds. The van der Waals surface area contributed by atoms with Crippen LogP contribution >= 0.6 is 23.2 Å². The van der Waals surface area contributed by atoms with Crippen molar-refractivity contribution in [2.24, 2.45) is 0 Å². The van der Waals surface area contributed by atoms with Gasteiger partial charge in [0.1, 0.15) is 10.8 Å². The molecule has 1 rings (SSSR count). The highest BCUT2D eigenvalue weighted by Gasteiger charge is 2.15. The summed E-state index contributed by atoms with van der Waals surface area (Å²) in [6, 6.07) is 1.53. The summed E-state index contributed by atoms with van der Waals surface area (Å²) in [6.07, 6.45) is 0. The number of nitrogens with zero attached hydrogens (tertiary/aromatic N) is 1. The van der Waals surface area contributed by atoms with E-state index < -0.39 is 0 Å². The second-order valence-corrected chi connectivity index (χ2v) is 3.96. The number of aromatic nitrogens is 1. The Morgan fingerprint density at radius 1 is 1.60 bits per heavy atom. The van der Waals surface area contributed by atoms with Gasteiger partial charge in [-0.2, -0.15) is 0 Å². The Kier molecular flexibility index (Phi) is 4.45. The molecule has 15 heavy (non-hydrogen) atoms. The average Bonchev–Trinajstić information content (AvgIpc) is 2.54. The standard InChI is InChI=1S/C9H13Cl2N3O/c1-12-3-4-14(2)9(15)7-5-6(10)8(11)13-7/h5,12-13H,3-4H2,1-2H3. The van der Waals surface area contributed by atoms with E-state index in [4.69, 9.17) is 23.2 Å². The van der Waals surface area contributed by atoms with Crippen LogP contribution < -0.4 is 5.32 Å². The second kappa shape index (κ2) is 5.39. The molecule has 1 aromatic heterocycles. The molecule has 0 unspecified atom stereocenters. The summed E-state index contributed by atoms with van der Waals surface area (Å²) < 4.78 is 0. The third kappa shape index (κ3) is 3.12. The Labute approximate surface area is 98.5 Å². The first-order valence-corrected chi connectivity index (χ1v) is 5.26. The van der Waals surface area contributed by atoms with Crippen molar-refractivity contribution < 1.29 is 4.79 Å². The molecule has 0 atom stereocenters. The number of hydrogen-bond acceptors (Lipinski definition) is 2. The van der Waals surface area contributed by atoms with Gasteiger partial charge < -0.3 is 15.2 Å². The van der Waals surface area contributed by atoms with Crippen molar-refractivity contribution in [1.29, 1.82) is 0 Å². The molecule has 0 fully saturated rings. The van der Waals surface area contributed by atoms with Gasteiger partial charge in [-0.05, 0) is 13.1 Å². The number of carbonyl (C=O) groups excluding carboxylic acids is 1. The molecule has 2 N–H and O–H groups in total. The summed E-state index contributed by atoms with van der Waals surface area (Å²) >= 11 is 11.4. The molecule has 0 spiro atoms. The summed E-state index contributed by atoms with van der Waals surface area (Å²) in [4.78, 5) is 16.1. The molecule has 0 aliphatic heterocycles. The lowest BCUT2D eigenvalue weighted by Crippen LogP contribution is -2.32. The number of nitrogens with one attached hydrogen (secondary N) is 2. The Balaban J connectivity index is 2.67. The van der Waals surface area contributed by atoms with E-state index in [0.29, 0.717) is 22.4 Å². The topological polar surface area (TPSA) is 48.1 Å². The van der Waals surface area contributed by atoms with Gasteiger partial charge in [-0.1, -0.05) is 23.2 Å². The zero-order chi connectivity index (χ0) is 11.4. The molecule has 4 nitrogen and oxygen atoms in total. The third-order valence-corrected chi connectivity index (χ3v) is 2.69. The molecule has 0 bridgehead atoms. The molecule has 6 heteroatoms. The summed E-state index contributed by atoms with van der Waals surface area (Å²) in [5.74, 6) is -0.126.